The van der Waals surface area contributed by atoms with E-state index >= 15 is 0 Å². The van der Waals surface area contributed by atoms with Crippen LogP contribution in [0.15, 0.2) is 34.2 Å². The number of fused-ring (bicyclic) bond motifs is 1. The second-order valence-electron chi connectivity index (χ2n) is 5.79. The van der Waals surface area contributed by atoms with Gasteiger partial charge in [0.25, 0.3) is 5.56 Å². The van der Waals surface area contributed by atoms with Gasteiger partial charge in [-0.3, -0.25) is 14.2 Å². The molecule has 7 heteroatoms. The monoisotopic (exact) mass is 358 g/mol. The lowest BCUT2D eigenvalue weighted by molar-refractivity contribution is -0.118. The van der Waals surface area contributed by atoms with E-state index < -0.39 is 0 Å². The van der Waals surface area contributed by atoms with Crippen molar-refractivity contribution in [2.45, 2.75) is 18.1 Å². The molecule has 0 unspecified atom stereocenters. The van der Waals surface area contributed by atoms with Gasteiger partial charge in [-0.1, -0.05) is 29.8 Å². The molecule has 1 heterocycles. The average Bonchev–Trinajstić information content (AvgIpc) is 2.60. The smallest absolute Gasteiger partial charge is 0.262 e. The SMILES string of the molecule is C#CCNC(=O)CSc1nc2ccccc2c(=O)n1CCCN(C)C. The summed E-state index contributed by atoms with van der Waals surface area (Å²) < 4.78 is 1.66. The maximum atomic E-state index is 12.8. The number of aromatic nitrogens is 2. The van der Waals surface area contributed by atoms with Gasteiger partial charge in [0.1, 0.15) is 0 Å². The van der Waals surface area contributed by atoms with E-state index in [2.05, 4.69) is 21.1 Å². The number of terminal acetylenes is 1. The van der Waals surface area contributed by atoms with Gasteiger partial charge in [-0.25, -0.2) is 4.98 Å². The number of hydrogen-bond acceptors (Lipinski definition) is 5. The lowest BCUT2D eigenvalue weighted by atomic mass is 10.2. The molecule has 132 valence electrons. The number of para-hydroxylation sites is 1. The zero-order valence-corrected chi connectivity index (χ0v) is 15.3. The van der Waals surface area contributed by atoms with Crippen molar-refractivity contribution in [3.63, 3.8) is 0 Å². The van der Waals surface area contributed by atoms with E-state index in [1.165, 1.54) is 11.8 Å². The number of carbonyl (C=O) groups excluding carboxylic acids is 1. The van der Waals surface area contributed by atoms with Crippen LogP contribution in [0.4, 0.5) is 0 Å². The summed E-state index contributed by atoms with van der Waals surface area (Å²) in [6.07, 6.45) is 5.96. The molecule has 6 nitrogen and oxygen atoms in total. The maximum Gasteiger partial charge on any atom is 0.262 e. The minimum Gasteiger partial charge on any atom is -0.344 e. The summed E-state index contributed by atoms with van der Waals surface area (Å²) in [6.45, 7) is 1.62. The van der Waals surface area contributed by atoms with E-state index in [1.54, 1.807) is 10.6 Å². The van der Waals surface area contributed by atoms with Crippen LogP contribution in [0.2, 0.25) is 0 Å². The zero-order chi connectivity index (χ0) is 18.2. The number of rotatable bonds is 8. The molecule has 1 aromatic heterocycles. The van der Waals surface area contributed by atoms with Crippen molar-refractivity contribution in [2.24, 2.45) is 0 Å². The van der Waals surface area contributed by atoms with Crippen molar-refractivity contribution >= 4 is 28.6 Å². The fourth-order valence-electron chi connectivity index (χ4n) is 2.33. The number of nitrogens with zero attached hydrogens (tertiary/aromatic N) is 3. The molecule has 25 heavy (non-hydrogen) atoms. The molecule has 1 amide bonds. The van der Waals surface area contributed by atoms with Crippen LogP contribution in [0.5, 0.6) is 0 Å². The molecule has 2 aromatic rings. The van der Waals surface area contributed by atoms with Crippen molar-refractivity contribution in [2.75, 3.05) is 32.9 Å². The van der Waals surface area contributed by atoms with Crippen molar-refractivity contribution in [3.05, 3.63) is 34.6 Å². The van der Waals surface area contributed by atoms with Crippen molar-refractivity contribution in [1.29, 1.82) is 0 Å². The lowest BCUT2D eigenvalue weighted by Crippen LogP contribution is -2.28. The van der Waals surface area contributed by atoms with Gasteiger partial charge in [0.2, 0.25) is 5.91 Å². The van der Waals surface area contributed by atoms with Gasteiger partial charge in [-0.2, -0.15) is 0 Å². The third-order valence-corrected chi connectivity index (χ3v) is 4.51. The highest BCUT2D eigenvalue weighted by Gasteiger charge is 2.13. The number of nitrogens with one attached hydrogen (secondary N) is 1. The first-order valence-corrected chi connectivity index (χ1v) is 8.98. The summed E-state index contributed by atoms with van der Waals surface area (Å²) in [7, 11) is 3.99. The van der Waals surface area contributed by atoms with Gasteiger partial charge >= 0.3 is 0 Å². The number of benzene rings is 1. The number of carbonyl (C=O) groups is 1. The summed E-state index contributed by atoms with van der Waals surface area (Å²) in [5.74, 6) is 2.35. The summed E-state index contributed by atoms with van der Waals surface area (Å²) in [5, 5.41) is 3.76. The molecule has 0 aliphatic carbocycles. The number of amides is 1. The Bertz CT molecular complexity index is 839. The summed E-state index contributed by atoms with van der Waals surface area (Å²) in [5.41, 5.74) is 0.568. The first-order valence-electron chi connectivity index (χ1n) is 8.00. The van der Waals surface area contributed by atoms with Crippen LogP contribution in [-0.2, 0) is 11.3 Å². The van der Waals surface area contributed by atoms with Crippen LogP contribution in [0, 0.1) is 12.3 Å². The first-order chi connectivity index (χ1) is 12.0. The Balaban J connectivity index is 2.27. The minimum atomic E-state index is -0.176. The molecule has 2 rings (SSSR count). The largest absolute Gasteiger partial charge is 0.344 e. The Labute approximate surface area is 151 Å². The predicted octanol–water partition coefficient (Wildman–Crippen LogP) is 1.19. The van der Waals surface area contributed by atoms with Gasteiger partial charge < -0.3 is 10.2 Å². The number of thioether (sulfide) groups is 1. The summed E-state index contributed by atoms with van der Waals surface area (Å²) in [6, 6.07) is 7.26. The highest BCUT2D eigenvalue weighted by atomic mass is 32.2. The van der Waals surface area contributed by atoms with Crippen LogP contribution in [-0.4, -0.2) is 53.3 Å². The van der Waals surface area contributed by atoms with E-state index in [-0.39, 0.29) is 23.8 Å². The van der Waals surface area contributed by atoms with Gasteiger partial charge in [-0.05, 0) is 39.2 Å². The third kappa shape index (κ3) is 5.34. The first kappa shape index (κ1) is 19.0. The topological polar surface area (TPSA) is 67.2 Å². The van der Waals surface area contributed by atoms with Crippen molar-refractivity contribution in [1.82, 2.24) is 19.8 Å². The molecule has 0 spiro atoms. The maximum absolute atomic E-state index is 12.8. The molecule has 0 bridgehead atoms. The van der Waals surface area contributed by atoms with E-state index in [9.17, 15) is 9.59 Å². The van der Waals surface area contributed by atoms with Crippen molar-refractivity contribution < 1.29 is 4.79 Å². The second kappa shape index (κ2) is 9.25. The molecular formula is C18H22N4O2S. The third-order valence-electron chi connectivity index (χ3n) is 3.53. The molecule has 0 aliphatic rings. The Morgan fingerprint density at radius 2 is 2.16 bits per heavy atom. The Kier molecular flexibility index (Phi) is 7.04. The van der Waals surface area contributed by atoms with Gasteiger partial charge in [-0.15, -0.1) is 6.42 Å². The zero-order valence-electron chi connectivity index (χ0n) is 14.5. The molecular weight excluding hydrogens is 336 g/mol. The lowest BCUT2D eigenvalue weighted by Gasteiger charge is -2.14. The normalized spacial score (nSPS) is 10.8. The molecule has 1 N–H and O–H groups in total. The minimum absolute atomic E-state index is 0.0733. The Morgan fingerprint density at radius 3 is 2.88 bits per heavy atom. The standard InChI is InChI=1S/C18H22N4O2S/c1-4-10-19-16(23)13-25-18-20-15-9-6-5-8-14(15)17(24)22(18)12-7-11-21(2)3/h1,5-6,8-9H,7,10-13H2,2-3H3,(H,19,23). The fourth-order valence-corrected chi connectivity index (χ4v) is 3.19. The van der Waals surface area contributed by atoms with E-state index in [0.29, 0.717) is 22.6 Å². The molecule has 0 radical (unpaired) electrons. The molecule has 1 aromatic carbocycles. The average molecular weight is 358 g/mol. The van der Waals surface area contributed by atoms with E-state index in [0.717, 1.165) is 13.0 Å². The molecule has 0 atom stereocenters. The number of hydrogen-bond donors (Lipinski definition) is 1. The highest BCUT2D eigenvalue weighted by molar-refractivity contribution is 7.99. The molecule has 0 saturated heterocycles. The van der Waals surface area contributed by atoms with Gasteiger partial charge in [0, 0.05) is 6.54 Å². The van der Waals surface area contributed by atoms with Crippen LogP contribution in [0.3, 0.4) is 0 Å². The van der Waals surface area contributed by atoms with E-state index in [4.69, 9.17) is 6.42 Å². The van der Waals surface area contributed by atoms with Crippen LogP contribution < -0.4 is 10.9 Å². The second-order valence-corrected chi connectivity index (χ2v) is 6.74. The highest BCUT2D eigenvalue weighted by Crippen LogP contribution is 2.18. The summed E-state index contributed by atoms with van der Waals surface area (Å²) >= 11 is 1.25. The predicted molar refractivity (Wildman–Crippen MR) is 102 cm³/mol. The van der Waals surface area contributed by atoms with Gasteiger partial charge in [0.05, 0.1) is 23.2 Å². The fraction of sp³-hybridized carbons (Fsp3) is 0.389. The Morgan fingerprint density at radius 1 is 1.40 bits per heavy atom. The molecule has 0 fully saturated rings. The Hall–Kier alpha value is -2.30. The quantitative estimate of drug-likeness (QED) is 0.436. The molecule has 0 aliphatic heterocycles. The van der Waals surface area contributed by atoms with Crippen LogP contribution >= 0.6 is 11.8 Å². The summed E-state index contributed by atoms with van der Waals surface area (Å²) in [4.78, 5) is 31.2. The van der Waals surface area contributed by atoms with Crippen molar-refractivity contribution in [3.8, 4) is 12.3 Å². The van der Waals surface area contributed by atoms with E-state index in [1.807, 2.05) is 32.3 Å². The van der Waals surface area contributed by atoms with Crippen LogP contribution in [0.25, 0.3) is 10.9 Å². The van der Waals surface area contributed by atoms with Gasteiger partial charge in [0.15, 0.2) is 5.16 Å². The molecule has 0 saturated carbocycles. The van der Waals surface area contributed by atoms with Crippen LogP contribution in [0.1, 0.15) is 6.42 Å².